The van der Waals surface area contributed by atoms with Crippen molar-refractivity contribution >= 4 is 17.7 Å². The maximum Gasteiger partial charge on any atom is 0.126 e. The van der Waals surface area contributed by atoms with Crippen molar-refractivity contribution in [1.82, 2.24) is 4.90 Å². The molecule has 1 N–H and O–H groups in total. The molecule has 2 aromatic rings. The molecule has 27 heavy (non-hydrogen) atoms. The van der Waals surface area contributed by atoms with Gasteiger partial charge in [-0.1, -0.05) is 35.9 Å². The third kappa shape index (κ3) is 4.26. The molecule has 1 saturated carbocycles. The number of aryl methyl sites for hydroxylation is 1. The van der Waals surface area contributed by atoms with Crippen LogP contribution in [0.15, 0.2) is 48.0 Å². The SMILES string of the molecule is Cc1cc(C2(O)/C(=C/c3ccc(Cl)cc3)CCCC2CN(C)C)ccc1F. The molecule has 0 amide bonds. The van der Waals surface area contributed by atoms with Crippen molar-refractivity contribution in [3.05, 3.63) is 75.6 Å². The Morgan fingerprint density at radius 1 is 1.22 bits per heavy atom. The molecule has 0 heterocycles. The largest absolute Gasteiger partial charge is 0.380 e. The normalized spacial score (nSPS) is 24.6. The number of nitrogens with zero attached hydrogens (tertiary/aromatic N) is 1. The van der Waals surface area contributed by atoms with Gasteiger partial charge in [0, 0.05) is 17.5 Å². The van der Waals surface area contributed by atoms with Gasteiger partial charge in [-0.15, -0.1) is 0 Å². The first-order valence-electron chi connectivity index (χ1n) is 9.41. The van der Waals surface area contributed by atoms with Gasteiger partial charge in [-0.25, -0.2) is 4.39 Å². The first-order chi connectivity index (χ1) is 12.8. The number of halogens is 2. The van der Waals surface area contributed by atoms with E-state index in [4.69, 9.17) is 11.6 Å². The van der Waals surface area contributed by atoms with Crippen molar-refractivity contribution in [1.29, 1.82) is 0 Å². The Bertz CT molecular complexity index is 831. The summed E-state index contributed by atoms with van der Waals surface area (Å²) in [6, 6.07) is 12.6. The van der Waals surface area contributed by atoms with E-state index in [0.29, 0.717) is 10.6 Å². The summed E-state index contributed by atoms with van der Waals surface area (Å²) < 4.78 is 13.9. The summed E-state index contributed by atoms with van der Waals surface area (Å²) in [5, 5.41) is 12.7. The summed E-state index contributed by atoms with van der Waals surface area (Å²) in [4.78, 5) is 2.11. The van der Waals surface area contributed by atoms with Crippen LogP contribution in [0.2, 0.25) is 5.02 Å². The Hall–Kier alpha value is -1.68. The highest BCUT2D eigenvalue weighted by atomic mass is 35.5. The van der Waals surface area contributed by atoms with Gasteiger partial charge in [0.15, 0.2) is 0 Å². The molecule has 1 aliphatic carbocycles. The monoisotopic (exact) mass is 387 g/mol. The quantitative estimate of drug-likeness (QED) is 0.757. The van der Waals surface area contributed by atoms with E-state index < -0.39 is 5.60 Å². The zero-order valence-corrected chi connectivity index (χ0v) is 16.9. The molecule has 0 bridgehead atoms. The third-order valence-corrected chi connectivity index (χ3v) is 5.73. The highest BCUT2D eigenvalue weighted by Gasteiger charge is 2.44. The van der Waals surface area contributed by atoms with E-state index in [-0.39, 0.29) is 11.7 Å². The van der Waals surface area contributed by atoms with E-state index in [1.165, 1.54) is 6.07 Å². The van der Waals surface area contributed by atoms with Crippen LogP contribution in [0.1, 0.15) is 36.0 Å². The number of benzene rings is 2. The Balaban J connectivity index is 2.11. The molecule has 0 radical (unpaired) electrons. The van der Waals surface area contributed by atoms with Crippen LogP contribution in [0, 0.1) is 18.7 Å². The summed E-state index contributed by atoms with van der Waals surface area (Å²) in [7, 11) is 4.04. The molecule has 4 heteroatoms. The van der Waals surface area contributed by atoms with Gasteiger partial charge >= 0.3 is 0 Å². The van der Waals surface area contributed by atoms with Crippen molar-refractivity contribution < 1.29 is 9.50 Å². The van der Waals surface area contributed by atoms with E-state index in [1.807, 2.05) is 38.4 Å². The van der Waals surface area contributed by atoms with Crippen LogP contribution in [0.4, 0.5) is 4.39 Å². The van der Waals surface area contributed by atoms with E-state index >= 15 is 0 Å². The zero-order valence-electron chi connectivity index (χ0n) is 16.2. The highest BCUT2D eigenvalue weighted by molar-refractivity contribution is 6.30. The molecule has 2 nitrogen and oxygen atoms in total. The number of hydrogen-bond donors (Lipinski definition) is 1. The lowest BCUT2D eigenvalue weighted by Gasteiger charge is -2.44. The lowest BCUT2D eigenvalue weighted by Crippen LogP contribution is -2.44. The third-order valence-electron chi connectivity index (χ3n) is 5.47. The summed E-state index contributed by atoms with van der Waals surface area (Å²) in [6.45, 7) is 2.51. The minimum absolute atomic E-state index is 0.0460. The second kappa shape index (κ2) is 8.14. The molecule has 0 aliphatic heterocycles. The highest BCUT2D eigenvalue weighted by Crippen LogP contribution is 2.46. The number of rotatable bonds is 4. The van der Waals surface area contributed by atoms with E-state index in [0.717, 1.165) is 42.5 Å². The molecule has 2 atom stereocenters. The zero-order chi connectivity index (χ0) is 19.6. The molecule has 1 fully saturated rings. The topological polar surface area (TPSA) is 23.5 Å². The smallest absolute Gasteiger partial charge is 0.126 e. The molecule has 144 valence electrons. The lowest BCUT2D eigenvalue weighted by atomic mass is 9.67. The van der Waals surface area contributed by atoms with Crippen LogP contribution in [0.3, 0.4) is 0 Å². The Morgan fingerprint density at radius 2 is 1.93 bits per heavy atom. The van der Waals surface area contributed by atoms with Crippen molar-refractivity contribution in [2.24, 2.45) is 5.92 Å². The first-order valence-corrected chi connectivity index (χ1v) is 9.79. The molecule has 1 aliphatic rings. The molecule has 3 rings (SSSR count). The summed E-state index contributed by atoms with van der Waals surface area (Å²) in [5.41, 5.74) is 2.21. The van der Waals surface area contributed by atoms with Gasteiger partial charge in [-0.2, -0.15) is 0 Å². The summed E-state index contributed by atoms with van der Waals surface area (Å²) in [5.74, 6) is -0.199. The molecule has 0 aromatic heterocycles. The van der Waals surface area contributed by atoms with Crippen molar-refractivity contribution in [3.63, 3.8) is 0 Å². The van der Waals surface area contributed by atoms with Gasteiger partial charge in [-0.05, 0) is 86.8 Å². The predicted molar refractivity (Wildman–Crippen MR) is 110 cm³/mol. The molecular weight excluding hydrogens is 361 g/mol. The van der Waals surface area contributed by atoms with Crippen molar-refractivity contribution in [3.8, 4) is 0 Å². The Labute approximate surface area is 166 Å². The fourth-order valence-corrected chi connectivity index (χ4v) is 4.24. The van der Waals surface area contributed by atoms with Gasteiger partial charge in [0.1, 0.15) is 11.4 Å². The predicted octanol–water partition coefficient (Wildman–Crippen LogP) is 5.42. The Kier molecular flexibility index (Phi) is 6.05. The Morgan fingerprint density at radius 3 is 2.56 bits per heavy atom. The molecule has 2 unspecified atom stereocenters. The van der Waals surface area contributed by atoms with E-state index in [9.17, 15) is 9.50 Å². The van der Waals surface area contributed by atoms with Gasteiger partial charge in [0.2, 0.25) is 0 Å². The molecule has 0 saturated heterocycles. The van der Waals surface area contributed by atoms with Crippen molar-refractivity contribution in [2.75, 3.05) is 20.6 Å². The van der Waals surface area contributed by atoms with E-state index in [1.54, 1.807) is 19.1 Å². The van der Waals surface area contributed by atoms with Crippen LogP contribution in [-0.2, 0) is 5.60 Å². The molecule has 2 aromatic carbocycles. The van der Waals surface area contributed by atoms with Gasteiger partial charge in [0.05, 0.1) is 0 Å². The summed E-state index contributed by atoms with van der Waals surface area (Å²) in [6.07, 6.45) is 4.85. The molecule has 0 spiro atoms. The number of hydrogen-bond acceptors (Lipinski definition) is 2. The number of aliphatic hydroxyl groups is 1. The minimum Gasteiger partial charge on any atom is -0.380 e. The van der Waals surface area contributed by atoms with Gasteiger partial charge in [-0.3, -0.25) is 0 Å². The fraction of sp³-hybridized carbons (Fsp3) is 0.391. The maximum atomic E-state index is 13.9. The second-order valence-corrected chi connectivity index (χ2v) is 8.24. The van der Waals surface area contributed by atoms with E-state index in [2.05, 4.69) is 11.0 Å². The van der Waals surface area contributed by atoms with Gasteiger partial charge in [0.25, 0.3) is 0 Å². The van der Waals surface area contributed by atoms with Crippen molar-refractivity contribution in [2.45, 2.75) is 31.8 Å². The summed E-state index contributed by atoms with van der Waals surface area (Å²) >= 11 is 6.01. The average molecular weight is 388 g/mol. The van der Waals surface area contributed by atoms with Crippen LogP contribution in [0.5, 0.6) is 0 Å². The maximum absolute atomic E-state index is 13.9. The van der Waals surface area contributed by atoms with Crippen LogP contribution in [-0.4, -0.2) is 30.6 Å². The first kappa shape index (κ1) is 20.1. The van der Waals surface area contributed by atoms with Gasteiger partial charge < -0.3 is 10.0 Å². The average Bonchev–Trinajstić information content (AvgIpc) is 2.62. The lowest BCUT2D eigenvalue weighted by molar-refractivity contribution is -0.0175. The van der Waals surface area contributed by atoms with Crippen LogP contribution >= 0.6 is 11.6 Å². The fourth-order valence-electron chi connectivity index (χ4n) is 4.11. The minimum atomic E-state index is -1.11. The second-order valence-electron chi connectivity index (χ2n) is 7.80. The molecular formula is C23H27ClFNO. The van der Waals surface area contributed by atoms with Crippen LogP contribution in [0.25, 0.3) is 6.08 Å². The standard InChI is InChI=1S/C23H27ClFNO/c1-16-13-19(9-12-22(16)25)23(27)18(5-4-6-20(23)15-26(2)3)14-17-7-10-21(24)11-8-17/h7-14,20,27H,4-6,15H2,1-3H3/b18-14+. The van der Waals surface area contributed by atoms with Crippen LogP contribution < -0.4 is 0 Å².